The molecule has 72 valence electrons. The summed E-state index contributed by atoms with van der Waals surface area (Å²) in [6, 6.07) is 0. The van der Waals surface area contributed by atoms with E-state index < -0.39 is 0 Å². The van der Waals surface area contributed by atoms with Gasteiger partial charge in [-0.2, -0.15) is 0 Å². The fourth-order valence-electron chi connectivity index (χ4n) is 0.701. The maximum atomic E-state index is 11.0. The van der Waals surface area contributed by atoms with E-state index in [1.165, 1.54) is 6.33 Å². The molecular formula is C7H9IN2O3. The predicted octanol–water partition coefficient (Wildman–Crippen LogP) is 0.136. The molecule has 1 rings (SSSR count). The average molecular weight is 296 g/mol. The lowest BCUT2D eigenvalue weighted by atomic mass is 10.5. The van der Waals surface area contributed by atoms with Gasteiger partial charge in [-0.1, -0.05) is 0 Å². The van der Waals surface area contributed by atoms with Crippen molar-refractivity contribution < 1.29 is 9.84 Å². The summed E-state index contributed by atoms with van der Waals surface area (Å²) >= 11 is 1.86. The van der Waals surface area contributed by atoms with Gasteiger partial charge in [-0.15, -0.1) is 0 Å². The summed E-state index contributed by atoms with van der Waals surface area (Å²) in [6.07, 6.45) is 1.82. The van der Waals surface area contributed by atoms with Crippen LogP contribution < -0.4 is 10.3 Å². The molecule has 0 bridgehead atoms. The van der Waals surface area contributed by atoms with Crippen molar-refractivity contribution in [2.24, 2.45) is 0 Å². The van der Waals surface area contributed by atoms with Crippen molar-refractivity contribution in [2.45, 2.75) is 6.42 Å². The lowest BCUT2D eigenvalue weighted by Gasteiger charge is -2.03. The Kier molecular flexibility index (Phi) is 4.16. The number of aliphatic hydroxyl groups is 1. The van der Waals surface area contributed by atoms with E-state index in [9.17, 15) is 4.79 Å². The number of hydrogen-bond acceptors (Lipinski definition) is 4. The van der Waals surface area contributed by atoms with Gasteiger partial charge in [0.1, 0.15) is 3.57 Å². The van der Waals surface area contributed by atoms with Crippen LogP contribution in [-0.4, -0.2) is 28.3 Å². The van der Waals surface area contributed by atoms with E-state index in [1.54, 1.807) is 0 Å². The van der Waals surface area contributed by atoms with Gasteiger partial charge in [0.05, 0.1) is 12.9 Å². The number of nitrogens with zero attached hydrogens (tertiary/aromatic N) is 1. The molecule has 1 heterocycles. The summed E-state index contributed by atoms with van der Waals surface area (Å²) in [4.78, 5) is 17.3. The lowest BCUT2D eigenvalue weighted by Crippen LogP contribution is -2.13. The molecule has 0 aromatic carbocycles. The van der Waals surface area contributed by atoms with Crippen LogP contribution in [0.15, 0.2) is 11.1 Å². The topological polar surface area (TPSA) is 75.2 Å². The monoisotopic (exact) mass is 296 g/mol. The molecule has 0 saturated heterocycles. The molecule has 0 unspecified atom stereocenters. The van der Waals surface area contributed by atoms with Crippen molar-refractivity contribution in [1.29, 1.82) is 0 Å². The first-order chi connectivity index (χ1) is 6.25. The highest BCUT2D eigenvalue weighted by Crippen LogP contribution is 2.11. The zero-order chi connectivity index (χ0) is 9.68. The van der Waals surface area contributed by atoms with Crippen molar-refractivity contribution in [1.82, 2.24) is 9.97 Å². The van der Waals surface area contributed by atoms with Crippen LogP contribution in [0.3, 0.4) is 0 Å². The molecule has 6 heteroatoms. The van der Waals surface area contributed by atoms with Crippen LogP contribution >= 0.6 is 22.6 Å². The van der Waals surface area contributed by atoms with Crippen LogP contribution in [0.4, 0.5) is 0 Å². The SMILES string of the molecule is O=c1[nH]cnc(OCCCO)c1I. The minimum atomic E-state index is -0.213. The first kappa shape index (κ1) is 10.5. The van der Waals surface area contributed by atoms with E-state index in [0.29, 0.717) is 22.5 Å². The van der Waals surface area contributed by atoms with Crippen molar-refractivity contribution in [3.63, 3.8) is 0 Å². The molecule has 0 aliphatic rings. The Morgan fingerprint density at radius 2 is 2.46 bits per heavy atom. The van der Waals surface area contributed by atoms with Crippen LogP contribution in [0.1, 0.15) is 6.42 Å². The highest BCUT2D eigenvalue weighted by molar-refractivity contribution is 14.1. The summed E-state index contributed by atoms with van der Waals surface area (Å²) < 4.78 is 5.59. The highest BCUT2D eigenvalue weighted by atomic mass is 127. The Hall–Kier alpha value is -0.630. The van der Waals surface area contributed by atoms with E-state index in [2.05, 4.69) is 9.97 Å². The molecule has 0 aliphatic carbocycles. The van der Waals surface area contributed by atoms with E-state index in [4.69, 9.17) is 9.84 Å². The van der Waals surface area contributed by atoms with Crippen LogP contribution in [0, 0.1) is 3.57 Å². The van der Waals surface area contributed by atoms with Crippen LogP contribution in [-0.2, 0) is 0 Å². The molecule has 0 atom stereocenters. The molecule has 0 amide bonds. The van der Waals surface area contributed by atoms with Gasteiger partial charge in [-0.05, 0) is 22.6 Å². The van der Waals surface area contributed by atoms with E-state index in [-0.39, 0.29) is 12.2 Å². The third-order valence-corrected chi connectivity index (χ3v) is 2.26. The summed E-state index contributed by atoms with van der Waals surface area (Å²) in [5, 5.41) is 8.50. The molecule has 5 nitrogen and oxygen atoms in total. The van der Waals surface area contributed by atoms with Crippen molar-refractivity contribution in [2.75, 3.05) is 13.2 Å². The maximum Gasteiger partial charge on any atom is 0.268 e. The standard InChI is InChI=1S/C7H9IN2O3/c8-5-6(12)9-4-10-7(5)13-3-1-2-11/h4,11H,1-3H2,(H,9,10,12). The van der Waals surface area contributed by atoms with Gasteiger partial charge in [0.25, 0.3) is 5.56 Å². The van der Waals surface area contributed by atoms with E-state index in [1.807, 2.05) is 22.6 Å². The van der Waals surface area contributed by atoms with E-state index >= 15 is 0 Å². The number of aromatic nitrogens is 2. The Labute approximate surface area is 88.3 Å². The molecule has 0 fully saturated rings. The Balaban J connectivity index is 2.66. The second kappa shape index (κ2) is 5.18. The van der Waals surface area contributed by atoms with Gasteiger partial charge in [0.2, 0.25) is 5.88 Å². The van der Waals surface area contributed by atoms with Crippen LogP contribution in [0.5, 0.6) is 5.88 Å². The van der Waals surface area contributed by atoms with E-state index in [0.717, 1.165) is 0 Å². The molecule has 13 heavy (non-hydrogen) atoms. The van der Waals surface area contributed by atoms with Gasteiger partial charge >= 0.3 is 0 Å². The van der Waals surface area contributed by atoms with Gasteiger partial charge in [0.15, 0.2) is 0 Å². The van der Waals surface area contributed by atoms with Crippen LogP contribution in [0.2, 0.25) is 0 Å². The van der Waals surface area contributed by atoms with Crippen molar-refractivity contribution in [3.8, 4) is 5.88 Å². The van der Waals surface area contributed by atoms with Crippen molar-refractivity contribution in [3.05, 3.63) is 20.3 Å². The van der Waals surface area contributed by atoms with Gasteiger partial charge in [-0.3, -0.25) is 4.79 Å². The number of nitrogens with one attached hydrogen (secondary N) is 1. The smallest absolute Gasteiger partial charge is 0.268 e. The zero-order valence-electron chi connectivity index (χ0n) is 6.79. The second-order valence-corrected chi connectivity index (χ2v) is 3.36. The van der Waals surface area contributed by atoms with Gasteiger partial charge in [-0.25, -0.2) is 4.98 Å². The molecule has 0 saturated carbocycles. The highest BCUT2D eigenvalue weighted by Gasteiger charge is 2.05. The normalized spacial score (nSPS) is 10.0. The molecular weight excluding hydrogens is 287 g/mol. The number of H-pyrrole nitrogens is 1. The fraction of sp³-hybridized carbons (Fsp3) is 0.429. The number of ether oxygens (including phenoxy) is 1. The molecule has 0 radical (unpaired) electrons. The summed E-state index contributed by atoms with van der Waals surface area (Å²) in [5.41, 5.74) is -0.213. The minimum Gasteiger partial charge on any atom is -0.477 e. The number of aliphatic hydroxyl groups excluding tert-OH is 1. The largest absolute Gasteiger partial charge is 0.477 e. The summed E-state index contributed by atoms with van der Waals surface area (Å²) in [7, 11) is 0. The quantitative estimate of drug-likeness (QED) is 0.612. The third kappa shape index (κ3) is 2.96. The molecule has 0 spiro atoms. The number of rotatable bonds is 4. The third-order valence-electron chi connectivity index (χ3n) is 1.31. The fourth-order valence-corrected chi connectivity index (χ4v) is 1.15. The summed E-state index contributed by atoms with van der Waals surface area (Å²) in [5.74, 6) is 0.317. The number of hydrogen-bond donors (Lipinski definition) is 2. The number of halogens is 1. The minimum absolute atomic E-state index is 0.0692. The second-order valence-electron chi connectivity index (χ2n) is 2.28. The Morgan fingerprint density at radius 1 is 1.69 bits per heavy atom. The molecule has 1 aromatic heterocycles. The predicted molar refractivity (Wildman–Crippen MR) is 54.8 cm³/mol. The Bertz CT molecular complexity index is 326. The molecule has 0 aliphatic heterocycles. The molecule has 2 N–H and O–H groups in total. The Morgan fingerprint density at radius 3 is 3.15 bits per heavy atom. The zero-order valence-corrected chi connectivity index (χ0v) is 8.95. The average Bonchev–Trinajstić information content (AvgIpc) is 2.13. The van der Waals surface area contributed by atoms with Gasteiger partial charge in [0, 0.05) is 13.0 Å². The van der Waals surface area contributed by atoms with Crippen LogP contribution in [0.25, 0.3) is 0 Å². The maximum absolute atomic E-state index is 11.0. The lowest BCUT2D eigenvalue weighted by molar-refractivity contribution is 0.228. The number of aromatic amines is 1. The van der Waals surface area contributed by atoms with Gasteiger partial charge < -0.3 is 14.8 Å². The summed E-state index contributed by atoms with van der Waals surface area (Å²) in [6.45, 7) is 0.433. The first-order valence-corrected chi connectivity index (χ1v) is 4.80. The first-order valence-electron chi connectivity index (χ1n) is 3.72. The van der Waals surface area contributed by atoms with Crippen molar-refractivity contribution >= 4 is 22.6 Å². The molecule has 1 aromatic rings.